The zero-order chi connectivity index (χ0) is 14.8. The summed E-state index contributed by atoms with van der Waals surface area (Å²) >= 11 is 1.61. The van der Waals surface area contributed by atoms with Crippen LogP contribution in [-0.4, -0.2) is 23.0 Å². The third kappa shape index (κ3) is 2.62. The normalized spacial score (nSPS) is 10.7. The number of phenolic OH excluding ortho intramolecular Hbond substituents is 1. The fraction of sp³-hybridized carbons (Fsp3) is 0.118. The van der Waals surface area contributed by atoms with Crippen LogP contribution in [0.25, 0.3) is 10.8 Å². The van der Waals surface area contributed by atoms with Gasteiger partial charge in [0, 0.05) is 17.3 Å². The summed E-state index contributed by atoms with van der Waals surface area (Å²) in [6.45, 7) is 0.544. The molecule has 0 saturated heterocycles. The van der Waals surface area contributed by atoms with Crippen molar-refractivity contribution in [3.8, 4) is 5.75 Å². The molecule has 3 aromatic rings. The number of fused-ring (bicyclic) bond motifs is 1. The molecule has 2 aromatic carbocycles. The van der Waals surface area contributed by atoms with Crippen LogP contribution in [0.1, 0.15) is 15.2 Å². The summed E-state index contributed by atoms with van der Waals surface area (Å²) in [5, 5.41) is 14.0. The summed E-state index contributed by atoms with van der Waals surface area (Å²) in [4.78, 5) is 15.2. The number of carbonyl (C=O) groups excluding carboxylic acids is 1. The van der Waals surface area contributed by atoms with Gasteiger partial charge in [0.05, 0.1) is 12.1 Å². The van der Waals surface area contributed by atoms with E-state index >= 15 is 0 Å². The van der Waals surface area contributed by atoms with Crippen molar-refractivity contribution in [3.63, 3.8) is 0 Å². The number of benzene rings is 2. The number of thiophene rings is 1. The van der Waals surface area contributed by atoms with Gasteiger partial charge >= 0.3 is 0 Å². The largest absolute Gasteiger partial charge is 0.506 e. The molecule has 0 fully saturated rings. The van der Waals surface area contributed by atoms with Crippen LogP contribution in [0.3, 0.4) is 0 Å². The topological polar surface area (TPSA) is 40.5 Å². The van der Waals surface area contributed by atoms with E-state index in [-0.39, 0.29) is 11.7 Å². The Balaban J connectivity index is 1.92. The average Bonchev–Trinajstić information content (AvgIpc) is 3.00. The van der Waals surface area contributed by atoms with E-state index in [1.165, 1.54) is 0 Å². The first-order chi connectivity index (χ1) is 10.2. The highest BCUT2D eigenvalue weighted by Gasteiger charge is 2.17. The van der Waals surface area contributed by atoms with E-state index in [9.17, 15) is 9.90 Å². The quantitative estimate of drug-likeness (QED) is 0.797. The molecule has 0 unspecified atom stereocenters. The summed E-state index contributed by atoms with van der Waals surface area (Å²) in [6.07, 6.45) is 0. The molecule has 106 valence electrons. The zero-order valence-electron chi connectivity index (χ0n) is 11.6. The molecule has 1 N–H and O–H groups in total. The highest BCUT2D eigenvalue weighted by Crippen LogP contribution is 2.29. The smallest absolute Gasteiger partial charge is 0.257 e. The van der Waals surface area contributed by atoms with E-state index in [2.05, 4.69) is 0 Å². The number of hydrogen-bond donors (Lipinski definition) is 1. The van der Waals surface area contributed by atoms with Crippen LogP contribution < -0.4 is 0 Å². The summed E-state index contributed by atoms with van der Waals surface area (Å²) in [7, 11) is 1.75. The van der Waals surface area contributed by atoms with Gasteiger partial charge in [0.15, 0.2) is 0 Å². The molecule has 0 radical (unpaired) electrons. The lowest BCUT2D eigenvalue weighted by molar-refractivity contribution is 0.0784. The minimum absolute atomic E-state index is 0.0520. The van der Waals surface area contributed by atoms with E-state index in [1.807, 2.05) is 47.8 Å². The second-order valence-electron chi connectivity index (χ2n) is 4.92. The number of phenols is 1. The lowest BCUT2D eigenvalue weighted by Crippen LogP contribution is -2.25. The Morgan fingerprint density at radius 3 is 2.71 bits per heavy atom. The molecular weight excluding hydrogens is 282 g/mol. The number of rotatable bonds is 3. The van der Waals surface area contributed by atoms with Gasteiger partial charge in [0.2, 0.25) is 0 Å². The van der Waals surface area contributed by atoms with E-state index in [0.717, 1.165) is 10.3 Å². The summed E-state index contributed by atoms with van der Waals surface area (Å²) in [5.41, 5.74) is 0.341. The maximum Gasteiger partial charge on any atom is 0.257 e. The average molecular weight is 297 g/mol. The first kappa shape index (κ1) is 13.6. The predicted octanol–water partition coefficient (Wildman–Crippen LogP) is 3.88. The molecule has 0 aliphatic heterocycles. The van der Waals surface area contributed by atoms with Crippen molar-refractivity contribution < 1.29 is 9.90 Å². The summed E-state index contributed by atoms with van der Waals surface area (Å²) in [5.74, 6) is -0.122. The molecule has 1 amide bonds. The molecule has 0 bridgehead atoms. The van der Waals surface area contributed by atoms with Crippen molar-refractivity contribution in [2.75, 3.05) is 7.05 Å². The fourth-order valence-electron chi connectivity index (χ4n) is 2.34. The first-order valence-corrected chi connectivity index (χ1v) is 7.53. The standard InChI is InChI=1S/C17H15NO2S/c1-18(11-13-6-4-10-21-13)17(20)15-9-8-12-5-2-3-7-14(12)16(15)19/h2-10,19H,11H2,1H3. The lowest BCUT2D eigenvalue weighted by Gasteiger charge is -2.17. The molecule has 0 aliphatic rings. The number of nitrogens with zero attached hydrogens (tertiary/aromatic N) is 1. The van der Waals surface area contributed by atoms with Crippen LogP contribution in [0.2, 0.25) is 0 Å². The van der Waals surface area contributed by atoms with E-state index in [4.69, 9.17) is 0 Å². The third-order valence-corrected chi connectivity index (χ3v) is 4.31. The second kappa shape index (κ2) is 5.58. The van der Waals surface area contributed by atoms with E-state index in [0.29, 0.717) is 17.5 Å². The molecule has 0 aliphatic carbocycles. The summed E-state index contributed by atoms with van der Waals surface area (Å²) in [6, 6.07) is 15.0. The van der Waals surface area contributed by atoms with E-state index in [1.54, 1.807) is 29.4 Å². The zero-order valence-corrected chi connectivity index (χ0v) is 12.4. The second-order valence-corrected chi connectivity index (χ2v) is 5.96. The van der Waals surface area contributed by atoms with Crippen molar-refractivity contribution in [1.29, 1.82) is 0 Å². The van der Waals surface area contributed by atoms with Gasteiger partial charge in [-0.05, 0) is 22.9 Å². The van der Waals surface area contributed by atoms with Crippen LogP contribution in [0, 0.1) is 0 Å². The third-order valence-electron chi connectivity index (χ3n) is 3.45. The molecular formula is C17H15NO2S. The van der Waals surface area contributed by atoms with Crippen molar-refractivity contribution in [3.05, 3.63) is 64.4 Å². The molecule has 3 nitrogen and oxygen atoms in total. The van der Waals surface area contributed by atoms with E-state index < -0.39 is 0 Å². The summed E-state index contributed by atoms with van der Waals surface area (Å²) < 4.78 is 0. The number of carbonyl (C=O) groups is 1. The van der Waals surface area contributed by atoms with Crippen LogP contribution >= 0.6 is 11.3 Å². The minimum Gasteiger partial charge on any atom is -0.506 e. The molecule has 3 rings (SSSR count). The first-order valence-electron chi connectivity index (χ1n) is 6.65. The maximum absolute atomic E-state index is 12.5. The fourth-order valence-corrected chi connectivity index (χ4v) is 3.10. The van der Waals surface area contributed by atoms with Gasteiger partial charge in [0.1, 0.15) is 5.75 Å². The Hall–Kier alpha value is -2.33. The Morgan fingerprint density at radius 2 is 1.95 bits per heavy atom. The number of aromatic hydroxyl groups is 1. The van der Waals surface area contributed by atoms with Gasteiger partial charge in [0.25, 0.3) is 5.91 Å². The molecule has 21 heavy (non-hydrogen) atoms. The van der Waals surface area contributed by atoms with Gasteiger partial charge < -0.3 is 10.0 Å². The van der Waals surface area contributed by atoms with Gasteiger partial charge in [-0.3, -0.25) is 4.79 Å². The minimum atomic E-state index is -0.174. The maximum atomic E-state index is 12.5. The van der Waals surface area contributed by atoms with Crippen LogP contribution in [0.15, 0.2) is 53.9 Å². The number of amides is 1. The Bertz CT molecular complexity index is 781. The van der Waals surface area contributed by atoms with Crippen LogP contribution in [0.4, 0.5) is 0 Å². The predicted molar refractivity (Wildman–Crippen MR) is 85.7 cm³/mol. The Morgan fingerprint density at radius 1 is 1.14 bits per heavy atom. The SMILES string of the molecule is CN(Cc1cccs1)C(=O)c1ccc2ccccc2c1O. The van der Waals surface area contributed by atoms with Gasteiger partial charge in [-0.1, -0.05) is 36.4 Å². The molecule has 0 atom stereocenters. The van der Waals surface area contributed by atoms with Crippen molar-refractivity contribution >= 4 is 28.0 Å². The Labute approximate surface area is 127 Å². The van der Waals surface area contributed by atoms with Gasteiger partial charge in [-0.15, -0.1) is 11.3 Å². The lowest BCUT2D eigenvalue weighted by atomic mass is 10.0. The molecule has 0 spiro atoms. The van der Waals surface area contributed by atoms with Crippen LogP contribution in [0.5, 0.6) is 5.75 Å². The highest BCUT2D eigenvalue weighted by atomic mass is 32.1. The Kier molecular flexibility index (Phi) is 3.62. The van der Waals surface area contributed by atoms with Gasteiger partial charge in [-0.25, -0.2) is 0 Å². The van der Waals surface area contributed by atoms with Crippen molar-refractivity contribution in [2.45, 2.75) is 6.54 Å². The monoisotopic (exact) mass is 297 g/mol. The van der Waals surface area contributed by atoms with Gasteiger partial charge in [-0.2, -0.15) is 0 Å². The molecule has 4 heteroatoms. The molecule has 1 heterocycles. The molecule has 0 saturated carbocycles. The van der Waals surface area contributed by atoms with Crippen molar-refractivity contribution in [2.24, 2.45) is 0 Å². The number of hydrogen-bond acceptors (Lipinski definition) is 3. The molecule has 1 aromatic heterocycles. The highest BCUT2D eigenvalue weighted by molar-refractivity contribution is 7.09. The van der Waals surface area contributed by atoms with Crippen LogP contribution in [-0.2, 0) is 6.54 Å². The van der Waals surface area contributed by atoms with Crippen molar-refractivity contribution in [1.82, 2.24) is 4.90 Å².